The van der Waals surface area contributed by atoms with Gasteiger partial charge in [0, 0.05) is 18.6 Å². The Labute approximate surface area is 152 Å². The fraction of sp³-hybridized carbons (Fsp3) is 0.368. The summed E-state index contributed by atoms with van der Waals surface area (Å²) in [4.78, 5) is 25.3. The molecule has 3 heterocycles. The van der Waals surface area contributed by atoms with E-state index in [9.17, 15) is 9.90 Å². The summed E-state index contributed by atoms with van der Waals surface area (Å²) in [5.41, 5.74) is 2.86. The highest BCUT2D eigenvalue weighted by atomic mass is 16.3. The van der Waals surface area contributed by atoms with E-state index in [-0.39, 0.29) is 18.6 Å². The number of carbonyl (C=O) groups is 1. The third-order valence-electron chi connectivity index (χ3n) is 4.10. The number of hydrogen-bond acceptors (Lipinski definition) is 5. The molecule has 3 aromatic rings. The van der Waals surface area contributed by atoms with Crippen LogP contribution in [-0.2, 0) is 6.54 Å². The number of aliphatic hydroxyl groups is 1. The lowest BCUT2D eigenvalue weighted by atomic mass is 10.0. The maximum absolute atomic E-state index is 12.4. The number of amides is 1. The van der Waals surface area contributed by atoms with Crippen LogP contribution in [0.5, 0.6) is 0 Å². The van der Waals surface area contributed by atoms with Gasteiger partial charge in [0.25, 0.3) is 5.91 Å². The van der Waals surface area contributed by atoms with Crippen molar-refractivity contribution in [3.8, 4) is 0 Å². The summed E-state index contributed by atoms with van der Waals surface area (Å²) in [7, 11) is 0. The highest BCUT2D eigenvalue weighted by molar-refractivity contribution is 5.96. The smallest absolute Gasteiger partial charge is 0.253 e. The van der Waals surface area contributed by atoms with Crippen LogP contribution >= 0.6 is 0 Å². The molecule has 0 fully saturated rings. The second-order valence-corrected chi connectivity index (χ2v) is 6.78. The molecule has 1 atom stereocenters. The zero-order valence-corrected chi connectivity index (χ0v) is 15.0. The number of nitrogens with one attached hydrogen (secondary N) is 1. The van der Waals surface area contributed by atoms with Crippen molar-refractivity contribution in [2.75, 3.05) is 6.61 Å². The molecule has 0 aliphatic heterocycles. The van der Waals surface area contributed by atoms with Gasteiger partial charge in [-0.2, -0.15) is 0 Å². The fourth-order valence-corrected chi connectivity index (χ4v) is 2.89. The molecule has 0 radical (unpaired) electrons. The molecule has 3 aromatic heterocycles. The molecule has 1 amide bonds. The molecule has 136 valence electrons. The zero-order chi connectivity index (χ0) is 18.5. The van der Waals surface area contributed by atoms with Crippen LogP contribution < -0.4 is 5.32 Å². The van der Waals surface area contributed by atoms with Gasteiger partial charge in [-0.3, -0.25) is 9.78 Å². The summed E-state index contributed by atoms with van der Waals surface area (Å²) < 4.78 is 1.92. The first-order valence-corrected chi connectivity index (χ1v) is 8.68. The van der Waals surface area contributed by atoms with Crippen LogP contribution in [-0.4, -0.2) is 43.2 Å². The molecule has 0 unspecified atom stereocenters. The second kappa shape index (κ2) is 8.05. The van der Waals surface area contributed by atoms with Gasteiger partial charge < -0.3 is 15.0 Å². The number of rotatable bonds is 7. The third kappa shape index (κ3) is 4.23. The molecule has 7 heteroatoms. The van der Waals surface area contributed by atoms with Crippen LogP contribution in [0, 0.1) is 5.92 Å². The van der Waals surface area contributed by atoms with Gasteiger partial charge in [0.15, 0.2) is 5.65 Å². The normalized spacial score (nSPS) is 12.5. The summed E-state index contributed by atoms with van der Waals surface area (Å²) in [6.45, 7) is 4.64. The molecule has 26 heavy (non-hydrogen) atoms. The Kier molecular flexibility index (Phi) is 5.58. The molecule has 2 N–H and O–H groups in total. The van der Waals surface area contributed by atoms with Gasteiger partial charge in [-0.15, -0.1) is 0 Å². The van der Waals surface area contributed by atoms with E-state index >= 15 is 0 Å². The summed E-state index contributed by atoms with van der Waals surface area (Å²) in [5, 5.41) is 12.3. The van der Waals surface area contributed by atoms with Gasteiger partial charge in [-0.1, -0.05) is 19.9 Å². The van der Waals surface area contributed by atoms with Crippen molar-refractivity contribution in [2.24, 2.45) is 5.92 Å². The van der Waals surface area contributed by atoms with Crippen LogP contribution in [0.4, 0.5) is 0 Å². The minimum atomic E-state index is -0.263. The predicted octanol–water partition coefficient (Wildman–Crippen LogP) is 2.01. The molecule has 7 nitrogen and oxygen atoms in total. The predicted molar refractivity (Wildman–Crippen MR) is 98.7 cm³/mol. The van der Waals surface area contributed by atoms with Crippen molar-refractivity contribution in [1.29, 1.82) is 0 Å². The summed E-state index contributed by atoms with van der Waals surface area (Å²) in [5.74, 6) is 0.136. The lowest BCUT2D eigenvalue weighted by molar-refractivity contribution is 0.0908. The van der Waals surface area contributed by atoms with Gasteiger partial charge in [0.05, 0.1) is 31.1 Å². The molecule has 0 saturated heterocycles. The molecule has 0 aliphatic carbocycles. The Hall–Kier alpha value is -2.80. The largest absolute Gasteiger partial charge is 0.394 e. The summed E-state index contributed by atoms with van der Waals surface area (Å²) in [6, 6.07) is 5.34. The first kappa shape index (κ1) is 18.0. The van der Waals surface area contributed by atoms with E-state index in [1.807, 2.05) is 16.7 Å². The quantitative estimate of drug-likeness (QED) is 0.678. The number of hydrogen-bond donors (Lipinski definition) is 2. The van der Waals surface area contributed by atoms with Gasteiger partial charge in [0.1, 0.15) is 5.52 Å². The Morgan fingerprint density at radius 2 is 2.15 bits per heavy atom. The van der Waals surface area contributed by atoms with Gasteiger partial charge in [0.2, 0.25) is 0 Å². The minimum Gasteiger partial charge on any atom is -0.394 e. The zero-order valence-electron chi connectivity index (χ0n) is 15.0. The molecule has 0 spiro atoms. The fourth-order valence-electron chi connectivity index (χ4n) is 2.89. The Bertz CT molecular complexity index is 876. The van der Waals surface area contributed by atoms with Crippen molar-refractivity contribution in [2.45, 2.75) is 32.9 Å². The molecule has 0 aromatic carbocycles. The SMILES string of the molecule is CC(C)C[C@@H](CO)NC(=O)c1cnc2c(c1)ncn2Cc1cccnc1. The van der Waals surface area contributed by atoms with E-state index in [1.165, 1.54) is 0 Å². The van der Waals surface area contributed by atoms with E-state index in [2.05, 4.69) is 34.1 Å². The Morgan fingerprint density at radius 1 is 1.31 bits per heavy atom. The molecule has 0 saturated carbocycles. The van der Waals surface area contributed by atoms with E-state index in [4.69, 9.17) is 0 Å². The molecule has 0 bridgehead atoms. The van der Waals surface area contributed by atoms with Crippen LogP contribution in [0.1, 0.15) is 36.2 Å². The van der Waals surface area contributed by atoms with Crippen LogP contribution in [0.3, 0.4) is 0 Å². The number of fused-ring (bicyclic) bond motifs is 1. The highest BCUT2D eigenvalue weighted by Crippen LogP contribution is 2.14. The number of imidazole rings is 1. The van der Waals surface area contributed by atoms with Gasteiger partial charge in [-0.25, -0.2) is 9.97 Å². The van der Waals surface area contributed by atoms with Crippen molar-refractivity contribution >= 4 is 17.1 Å². The van der Waals surface area contributed by atoms with E-state index in [0.717, 1.165) is 12.0 Å². The topological polar surface area (TPSA) is 92.9 Å². The standard InChI is InChI=1S/C19H23N5O2/c1-13(2)6-16(11-25)23-19(26)15-7-17-18(21-9-15)24(12-22-17)10-14-4-3-5-20-8-14/h3-5,7-9,12-13,16,25H,6,10-11H2,1-2H3,(H,23,26)/t16-/m0/s1. The summed E-state index contributed by atoms with van der Waals surface area (Å²) >= 11 is 0. The monoisotopic (exact) mass is 353 g/mol. The summed E-state index contributed by atoms with van der Waals surface area (Å²) in [6.07, 6.45) is 7.51. The average molecular weight is 353 g/mol. The number of aromatic nitrogens is 4. The molecular weight excluding hydrogens is 330 g/mol. The van der Waals surface area contributed by atoms with Crippen LogP contribution in [0.25, 0.3) is 11.2 Å². The Balaban J connectivity index is 1.76. The van der Waals surface area contributed by atoms with E-state index < -0.39 is 0 Å². The highest BCUT2D eigenvalue weighted by Gasteiger charge is 2.16. The number of aliphatic hydroxyl groups excluding tert-OH is 1. The van der Waals surface area contributed by atoms with E-state index in [1.54, 1.807) is 31.0 Å². The third-order valence-corrected chi connectivity index (χ3v) is 4.10. The lowest BCUT2D eigenvalue weighted by Crippen LogP contribution is -2.38. The molecule has 3 rings (SSSR count). The van der Waals surface area contributed by atoms with Crippen molar-refractivity contribution in [3.05, 3.63) is 54.2 Å². The Morgan fingerprint density at radius 3 is 2.85 bits per heavy atom. The second-order valence-electron chi connectivity index (χ2n) is 6.78. The number of carbonyl (C=O) groups excluding carboxylic acids is 1. The van der Waals surface area contributed by atoms with Gasteiger partial charge >= 0.3 is 0 Å². The average Bonchev–Trinajstić information content (AvgIpc) is 3.03. The maximum Gasteiger partial charge on any atom is 0.253 e. The minimum absolute atomic E-state index is 0.0840. The van der Waals surface area contributed by atoms with Crippen molar-refractivity contribution in [1.82, 2.24) is 24.8 Å². The first-order chi connectivity index (χ1) is 12.6. The van der Waals surface area contributed by atoms with Crippen LogP contribution in [0.15, 0.2) is 43.1 Å². The lowest BCUT2D eigenvalue weighted by Gasteiger charge is -2.18. The molecular formula is C19H23N5O2. The van der Waals surface area contributed by atoms with Crippen molar-refractivity contribution in [3.63, 3.8) is 0 Å². The first-order valence-electron chi connectivity index (χ1n) is 8.68. The van der Waals surface area contributed by atoms with Gasteiger partial charge in [-0.05, 0) is 30.0 Å². The van der Waals surface area contributed by atoms with E-state index in [0.29, 0.717) is 29.2 Å². The molecule has 0 aliphatic rings. The van der Waals surface area contributed by atoms with Crippen LogP contribution in [0.2, 0.25) is 0 Å². The number of pyridine rings is 2. The number of nitrogens with zero attached hydrogens (tertiary/aromatic N) is 4. The maximum atomic E-state index is 12.4. The van der Waals surface area contributed by atoms with Crippen molar-refractivity contribution < 1.29 is 9.90 Å².